The van der Waals surface area contributed by atoms with Gasteiger partial charge in [-0.1, -0.05) is 54.9 Å². The van der Waals surface area contributed by atoms with Crippen molar-refractivity contribution in [3.8, 4) is 11.3 Å². The topological polar surface area (TPSA) is 52.0 Å². The number of aromatic nitrogens is 1. The molecule has 2 aromatic carbocycles. The number of hydrogen-bond acceptors (Lipinski definition) is 3. The quantitative estimate of drug-likeness (QED) is 0.759. The van der Waals surface area contributed by atoms with Crippen molar-refractivity contribution in [3.05, 3.63) is 54.1 Å². The summed E-state index contributed by atoms with van der Waals surface area (Å²) >= 11 is 0. The average Bonchev–Trinajstić information content (AvgIpc) is 2.91. The van der Waals surface area contributed by atoms with Crippen molar-refractivity contribution in [2.24, 2.45) is 5.73 Å². The van der Waals surface area contributed by atoms with Gasteiger partial charge in [-0.3, -0.25) is 0 Å². The summed E-state index contributed by atoms with van der Waals surface area (Å²) in [6.07, 6.45) is 2.03. The zero-order valence-corrected chi connectivity index (χ0v) is 12.8. The second-order valence-electron chi connectivity index (χ2n) is 5.01. The monoisotopic (exact) mass is 302 g/mol. The van der Waals surface area contributed by atoms with Gasteiger partial charge in [0.05, 0.1) is 0 Å². The summed E-state index contributed by atoms with van der Waals surface area (Å²) in [7, 11) is 0. The van der Waals surface area contributed by atoms with Crippen molar-refractivity contribution >= 4 is 23.4 Å². The first-order valence-corrected chi connectivity index (χ1v) is 7.00. The molecule has 0 bridgehead atoms. The Morgan fingerprint density at radius 2 is 1.81 bits per heavy atom. The largest absolute Gasteiger partial charge is 0.356 e. The fourth-order valence-corrected chi connectivity index (χ4v) is 2.58. The van der Waals surface area contributed by atoms with Crippen molar-refractivity contribution in [2.75, 3.05) is 0 Å². The Morgan fingerprint density at radius 1 is 1.10 bits per heavy atom. The van der Waals surface area contributed by atoms with E-state index in [4.69, 9.17) is 10.3 Å². The van der Waals surface area contributed by atoms with E-state index >= 15 is 0 Å². The standard InChI is InChI=1S/C17H18N2O.ClH/c1-2-7-15(18)12-8-3-4-9-13(12)17-14-10-5-6-11-16(14)20-19-17;/h3-6,8-11,15H,2,7,18H2,1H3;1H. The van der Waals surface area contributed by atoms with Crippen molar-refractivity contribution in [1.82, 2.24) is 5.16 Å². The molecule has 1 atom stereocenters. The smallest absolute Gasteiger partial charge is 0.167 e. The molecule has 3 rings (SSSR count). The molecule has 21 heavy (non-hydrogen) atoms. The van der Waals surface area contributed by atoms with Gasteiger partial charge in [0, 0.05) is 17.0 Å². The van der Waals surface area contributed by atoms with Crippen LogP contribution >= 0.6 is 12.4 Å². The number of para-hydroxylation sites is 1. The van der Waals surface area contributed by atoms with Crippen molar-refractivity contribution in [2.45, 2.75) is 25.8 Å². The zero-order chi connectivity index (χ0) is 13.9. The highest BCUT2D eigenvalue weighted by Crippen LogP contribution is 2.33. The molecule has 0 amide bonds. The van der Waals surface area contributed by atoms with Crippen LogP contribution in [-0.4, -0.2) is 5.16 Å². The molecule has 110 valence electrons. The molecule has 0 spiro atoms. The van der Waals surface area contributed by atoms with E-state index in [0.717, 1.165) is 40.6 Å². The van der Waals surface area contributed by atoms with E-state index in [0.29, 0.717) is 0 Å². The van der Waals surface area contributed by atoms with Crippen LogP contribution in [0, 0.1) is 0 Å². The highest BCUT2D eigenvalue weighted by molar-refractivity contribution is 5.92. The van der Waals surface area contributed by atoms with Crippen molar-refractivity contribution in [1.29, 1.82) is 0 Å². The second kappa shape index (κ2) is 6.74. The molecular formula is C17H19ClN2O. The first kappa shape index (κ1) is 15.5. The minimum Gasteiger partial charge on any atom is -0.356 e. The van der Waals surface area contributed by atoms with E-state index in [1.54, 1.807) is 0 Å². The summed E-state index contributed by atoms with van der Waals surface area (Å²) in [5.74, 6) is 0. The number of benzene rings is 2. The van der Waals surface area contributed by atoms with Crippen LogP contribution in [0.1, 0.15) is 31.4 Å². The molecule has 1 unspecified atom stereocenters. The van der Waals surface area contributed by atoms with Gasteiger partial charge in [-0.15, -0.1) is 12.4 Å². The fraction of sp³-hybridized carbons (Fsp3) is 0.235. The van der Waals surface area contributed by atoms with Gasteiger partial charge in [0.25, 0.3) is 0 Å². The van der Waals surface area contributed by atoms with Gasteiger partial charge in [-0.25, -0.2) is 0 Å². The van der Waals surface area contributed by atoms with Crippen LogP contribution < -0.4 is 5.73 Å². The Balaban J connectivity index is 0.00000161. The Kier molecular flexibility index (Phi) is 4.99. The lowest BCUT2D eigenvalue weighted by Crippen LogP contribution is -2.11. The van der Waals surface area contributed by atoms with E-state index in [1.807, 2.05) is 36.4 Å². The van der Waals surface area contributed by atoms with Gasteiger partial charge >= 0.3 is 0 Å². The maximum atomic E-state index is 6.30. The predicted octanol–water partition coefficient (Wildman–Crippen LogP) is 4.72. The van der Waals surface area contributed by atoms with Crippen molar-refractivity contribution < 1.29 is 4.52 Å². The van der Waals surface area contributed by atoms with E-state index in [2.05, 4.69) is 24.2 Å². The summed E-state index contributed by atoms with van der Waals surface area (Å²) < 4.78 is 5.41. The lowest BCUT2D eigenvalue weighted by atomic mass is 9.95. The van der Waals surface area contributed by atoms with Crippen LogP contribution in [0.2, 0.25) is 0 Å². The highest BCUT2D eigenvalue weighted by Gasteiger charge is 2.16. The minimum absolute atomic E-state index is 0. The zero-order valence-electron chi connectivity index (χ0n) is 12.0. The van der Waals surface area contributed by atoms with E-state index in [1.165, 1.54) is 0 Å². The molecule has 0 radical (unpaired) electrons. The van der Waals surface area contributed by atoms with Crippen LogP contribution in [0.3, 0.4) is 0 Å². The highest BCUT2D eigenvalue weighted by atomic mass is 35.5. The number of rotatable bonds is 4. The van der Waals surface area contributed by atoms with E-state index in [9.17, 15) is 0 Å². The summed E-state index contributed by atoms with van der Waals surface area (Å²) in [6, 6.07) is 16.1. The molecule has 3 nitrogen and oxygen atoms in total. The third-order valence-corrected chi connectivity index (χ3v) is 3.59. The number of hydrogen-bond donors (Lipinski definition) is 1. The lowest BCUT2D eigenvalue weighted by Gasteiger charge is -2.14. The van der Waals surface area contributed by atoms with Crippen LogP contribution in [0.25, 0.3) is 22.2 Å². The molecule has 2 N–H and O–H groups in total. The molecule has 1 aromatic heterocycles. The van der Waals surface area contributed by atoms with Gasteiger partial charge in [-0.2, -0.15) is 0 Å². The molecule has 1 heterocycles. The first-order chi connectivity index (χ1) is 9.81. The minimum atomic E-state index is 0. The van der Waals surface area contributed by atoms with Crippen LogP contribution in [-0.2, 0) is 0 Å². The number of nitrogens with zero attached hydrogens (tertiary/aromatic N) is 1. The molecule has 0 aliphatic rings. The second-order valence-corrected chi connectivity index (χ2v) is 5.01. The van der Waals surface area contributed by atoms with Crippen molar-refractivity contribution in [3.63, 3.8) is 0 Å². The molecular weight excluding hydrogens is 284 g/mol. The third-order valence-electron chi connectivity index (χ3n) is 3.59. The van der Waals surface area contributed by atoms with E-state index < -0.39 is 0 Å². The SMILES string of the molecule is CCCC(N)c1ccccc1-c1noc2ccccc12.Cl. The molecule has 0 saturated carbocycles. The fourth-order valence-electron chi connectivity index (χ4n) is 2.58. The third kappa shape index (κ3) is 2.94. The number of halogens is 1. The molecule has 4 heteroatoms. The summed E-state index contributed by atoms with van der Waals surface area (Å²) in [5, 5.41) is 5.27. The summed E-state index contributed by atoms with van der Waals surface area (Å²) in [5.41, 5.74) is 10.2. The van der Waals surface area contributed by atoms with Gasteiger partial charge in [0.15, 0.2) is 5.58 Å². The van der Waals surface area contributed by atoms with Crippen LogP contribution in [0.5, 0.6) is 0 Å². The first-order valence-electron chi connectivity index (χ1n) is 7.00. The maximum Gasteiger partial charge on any atom is 0.167 e. The summed E-state index contributed by atoms with van der Waals surface area (Å²) in [6.45, 7) is 2.15. The Hall–Kier alpha value is -1.84. The van der Waals surface area contributed by atoms with E-state index in [-0.39, 0.29) is 18.4 Å². The average molecular weight is 303 g/mol. The van der Waals surface area contributed by atoms with Gasteiger partial charge < -0.3 is 10.3 Å². The van der Waals surface area contributed by atoms with Gasteiger partial charge in [0.2, 0.25) is 0 Å². The number of nitrogens with two attached hydrogens (primary N) is 1. The van der Waals surface area contributed by atoms with Crippen LogP contribution in [0.4, 0.5) is 0 Å². The Morgan fingerprint density at radius 3 is 2.62 bits per heavy atom. The number of fused-ring (bicyclic) bond motifs is 1. The molecule has 0 fully saturated rings. The normalized spacial score (nSPS) is 12.1. The molecule has 0 aliphatic carbocycles. The lowest BCUT2D eigenvalue weighted by molar-refractivity contribution is 0.459. The van der Waals surface area contributed by atoms with Gasteiger partial charge in [-0.05, 0) is 24.1 Å². The molecule has 0 aliphatic heterocycles. The Bertz CT molecular complexity index is 723. The molecule has 3 aromatic rings. The Labute approximate surface area is 130 Å². The molecule has 0 saturated heterocycles. The van der Waals surface area contributed by atoms with Crippen LogP contribution in [0.15, 0.2) is 53.1 Å². The predicted molar refractivity (Wildman–Crippen MR) is 88.5 cm³/mol. The summed E-state index contributed by atoms with van der Waals surface area (Å²) in [4.78, 5) is 0. The van der Waals surface area contributed by atoms with Gasteiger partial charge in [0.1, 0.15) is 5.69 Å². The maximum absolute atomic E-state index is 6.30.